The second-order valence-corrected chi connectivity index (χ2v) is 7.09. The molecule has 34 heavy (non-hydrogen) atoms. The van der Waals surface area contributed by atoms with Gasteiger partial charge in [-0.2, -0.15) is 0 Å². The van der Waals surface area contributed by atoms with Crippen LogP contribution >= 0.6 is 0 Å². The zero-order chi connectivity index (χ0) is 24.2. The molecule has 2 heterocycles. The lowest BCUT2D eigenvalue weighted by Crippen LogP contribution is -2.30. The fraction of sp³-hybridized carbons (Fsp3) is 0.0870. The largest absolute Gasteiger partial charge is 0.493 e. The Morgan fingerprint density at radius 3 is 2.62 bits per heavy atom. The molecule has 172 valence electrons. The summed E-state index contributed by atoms with van der Waals surface area (Å²) in [7, 11) is 1.42. The zero-order valence-electron chi connectivity index (χ0n) is 17.7. The summed E-state index contributed by atoms with van der Waals surface area (Å²) >= 11 is 0. The highest BCUT2D eigenvalue weighted by atomic mass is 19.1. The number of carbonyl (C=O) groups is 2. The van der Waals surface area contributed by atoms with Crippen LogP contribution < -0.4 is 14.8 Å². The standard InChI is InChI=1S/C23H17FN4O6/c1-33-20-11-14(6-8-19(20)34-21-9-7-16(12-25-21)28(31)32)10-18-22(29)27(23(30)26-18)13-15-4-2-3-5-17(15)24/h2-12H,13H2,1H3,(H,26,30). The lowest BCUT2D eigenvalue weighted by molar-refractivity contribution is -0.385. The molecule has 0 atom stereocenters. The molecule has 0 unspecified atom stereocenters. The van der Waals surface area contributed by atoms with Crippen LogP contribution in [-0.2, 0) is 11.3 Å². The Kier molecular flexibility index (Phi) is 6.17. The fourth-order valence-corrected chi connectivity index (χ4v) is 3.19. The lowest BCUT2D eigenvalue weighted by atomic mass is 10.1. The van der Waals surface area contributed by atoms with Crippen molar-refractivity contribution in [2.45, 2.75) is 6.54 Å². The van der Waals surface area contributed by atoms with E-state index in [1.807, 2.05) is 0 Å². The third-order valence-electron chi connectivity index (χ3n) is 4.89. The Morgan fingerprint density at radius 1 is 1.15 bits per heavy atom. The normalized spacial score (nSPS) is 14.3. The molecule has 1 fully saturated rings. The van der Waals surface area contributed by atoms with Crippen molar-refractivity contribution in [2.75, 3.05) is 7.11 Å². The van der Waals surface area contributed by atoms with Gasteiger partial charge in [-0.15, -0.1) is 0 Å². The van der Waals surface area contributed by atoms with Crippen LogP contribution in [0, 0.1) is 15.9 Å². The van der Waals surface area contributed by atoms with Gasteiger partial charge in [0.25, 0.3) is 11.6 Å². The van der Waals surface area contributed by atoms with Crippen molar-refractivity contribution < 1.29 is 28.4 Å². The Bertz CT molecular complexity index is 1310. The Balaban J connectivity index is 1.52. The summed E-state index contributed by atoms with van der Waals surface area (Å²) < 4.78 is 24.9. The molecule has 4 rings (SSSR count). The SMILES string of the molecule is COc1cc(C=C2NC(=O)N(Cc3ccccc3F)C2=O)ccc1Oc1ccc([N+](=O)[O-])cn1. The number of ether oxygens (including phenoxy) is 2. The quantitative estimate of drug-likeness (QED) is 0.242. The summed E-state index contributed by atoms with van der Waals surface area (Å²) in [6, 6.07) is 12.6. The predicted octanol–water partition coefficient (Wildman–Crippen LogP) is 4.02. The van der Waals surface area contributed by atoms with E-state index < -0.39 is 22.7 Å². The first-order valence-corrected chi connectivity index (χ1v) is 9.90. The molecule has 1 aliphatic rings. The van der Waals surface area contributed by atoms with Gasteiger partial charge in [0, 0.05) is 17.7 Å². The number of nitro groups is 1. The highest BCUT2D eigenvalue weighted by Crippen LogP contribution is 2.33. The van der Waals surface area contributed by atoms with E-state index in [1.54, 1.807) is 24.3 Å². The number of carbonyl (C=O) groups excluding carboxylic acids is 2. The van der Waals surface area contributed by atoms with Crippen molar-refractivity contribution in [1.29, 1.82) is 0 Å². The van der Waals surface area contributed by atoms with Crippen LogP contribution in [0.25, 0.3) is 6.08 Å². The number of halogens is 1. The number of hydrogen-bond donors (Lipinski definition) is 1. The predicted molar refractivity (Wildman–Crippen MR) is 117 cm³/mol. The average molecular weight is 464 g/mol. The maximum Gasteiger partial charge on any atom is 0.329 e. The van der Waals surface area contributed by atoms with E-state index in [0.29, 0.717) is 11.3 Å². The number of nitrogens with zero attached hydrogens (tertiary/aromatic N) is 3. The van der Waals surface area contributed by atoms with Crippen molar-refractivity contribution in [3.8, 4) is 17.4 Å². The number of benzene rings is 2. The number of pyridine rings is 1. The maximum absolute atomic E-state index is 13.9. The van der Waals surface area contributed by atoms with Gasteiger partial charge in [0.2, 0.25) is 5.88 Å². The highest BCUT2D eigenvalue weighted by molar-refractivity contribution is 6.13. The van der Waals surface area contributed by atoms with E-state index in [2.05, 4.69) is 10.3 Å². The first-order chi connectivity index (χ1) is 16.4. The topological polar surface area (TPSA) is 124 Å². The van der Waals surface area contributed by atoms with Crippen LogP contribution in [0.4, 0.5) is 14.9 Å². The van der Waals surface area contributed by atoms with Crippen LogP contribution in [0.2, 0.25) is 0 Å². The minimum atomic E-state index is -0.657. The number of methoxy groups -OCH3 is 1. The summed E-state index contributed by atoms with van der Waals surface area (Å²) in [6.07, 6.45) is 2.53. The van der Waals surface area contributed by atoms with Crippen LogP contribution in [0.1, 0.15) is 11.1 Å². The second kappa shape index (κ2) is 9.36. The summed E-state index contributed by atoms with van der Waals surface area (Å²) in [4.78, 5) is 40.0. The molecule has 3 amide bonds. The van der Waals surface area contributed by atoms with Crippen molar-refractivity contribution in [3.05, 3.63) is 93.5 Å². The van der Waals surface area contributed by atoms with Gasteiger partial charge in [-0.05, 0) is 29.8 Å². The van der Waals surface area contributed by atoms with E-state index in [-0.39, 0.29) is 35.1 Å². The lowest BCUT2D eigenvalue weighted by Gasteiger charge is -2.12. The highest BCUT2D eigenvalue weighted by Gasteiger charge is 2.34. The van der Waals surface area contributed by atoms with Gasteiger partial charge >= 0.3 is 6.03 Å². The number of amides is 3. The molecule has 0 radical (unpaired) electrons. The molecule has 1 aromatic heterocycles. The Hall–Kier alpha value is -4.80. The fourth-order valence-electron chi connectivity index (χ4n) is 3.19. The number of hydrogen-bond acceptors (Lipinski definition) is 7. The molecule has 0 saturated carbocycles. The molecule has 1 N–H and O–H groups in total. The van der Waals surface area contributed by atoms with Gasteiger partial charge in [0.05, 0.1) is 18.6 Å². The first kappa shape index (κ1) is 22.4. The molecular weight excluding hydrogens is 447 g/mol. The molecule has 0 aliphatic carbocycles. The number of nitrogens with one attached hydrogen (secondary N) is 1. The van der Waals surface area contributed by atoms with Gasteiger partial charge in [-0.25, -0.2) is 14.2 Å². The van der Waals surface area contributed by atoms with E-state index >= 15 is 0 Å². The zero-order valence-corrected chi connectivity index (χ0v) is 17.7. The summed E-state index contributed by atoms with van der Waals surface area (Å²) in [5.74, 6) is -0.397. The molecule has 10 nitrogen and oxygen atoms in total. The van der Waals surface area contributed by atoms with Crippen LogP contribution in [0.15, 0.2) is 66.5 Å². The van der Waals surface area contributed by atoms with Crippen molar-refractivity contribution in [1.82, 2.24) is 15.2 Å². The van der Waals surface area contributed by atoms with Crippen LogP contribution in [0.3, 0.4) is 0 Å². The minimum absolute atomic E-state index is 0.0223. The smallest absolute Gasteiger partial charge is 0.329 e. The Labute approximate surface area is 192 Å². The average Bonchev–Trinajstić information content (AvgIpc) is 3.09. The molecule has 1 saturated heterocycles. The van der Waals surface area contributed by atoms with Crippen molar-refractivity contribution >= 4 is 23.7 Å². The van der Waals surface area contributed by atoms with E-state index in [0.717, 1.165) is 11.1 Å². The number of aromatic nitrogens is 1. The van der Waals surface area contributed by atoms with Gasteiger partial charge in [0.1, 0.15) is 17.7 Å². The van der Waals surface area contributed by atoms with Crippen molar-refractivity contribution in [3.63, 3.8) is 0 Å². The van der Waals surface area contributed by atoms with Crippen LogP contribution in [0.5, 0.6) is 17.4 Å². The van der Waals surface area contributed by atoms with Crippen LogP contribution in [-0.4, -0.2) is 33.9 Å². The Morgan fingerprint density at radius 2 is 1.94 bits per heavy atom. The third kappa shape index (κ3) is 4.67. The maximum atomic E-state index is 13.9. The second-order valence-electron chi connectivity index (χ2n) is 7.09. The molecule has 3 aromatic rings. The van der Waals surface area contributed by atoms with Gasteiger partial charge in [-0.3, -0.25) is 19.8 Å². The van der Waals surface area contributed by atoms with E-state index in [1.165, 1.54) is 43.5 Å². The number of imide groups is 1. The van der Waals surface area contributed by atoms with Crippen molar-refractivity contribution in [2.24, 2.45) is 0 Å². The molecule has 0 bridgehead atoms. The van der Waals surface area contributed by atoms with Gasteiger partial charge in [-0.1, -0.05) is 24.3 Å². The third-order valence-corrected chi connectivity index (χ3v) is 4.89. The number of urea groups is 1. The molecule has 2 aromatic carbocycles. The summed E-state index contributed by atoms with van der Waals surface area (Å²) in [5, 5.41) is 13.2. The molecule has 11 heteroatoms. The molecular formula is C23H17FN4O6. The molecule has 1 aliphatic heterocycles. The van der Waals surface area contributed by atoms with E-state index in [4.69, 9.17) is 9.47 Å². The number of rotatable bonds is 7. The molecule has 0 spiro atoms. The van der Waals surface area contributed by atoms with E-state index in [9.17, 15) is 24.1 Å². The first-order valence-electron chi connectivity index (χ1n) is 9.90. The summed E-state index contributed by atoms with van der Waals surface area (Å²) in [5.41, 5.74) is 0.593. The van der Waals surface area contributed by atoms with Gasteiger partial charge < -0.3 is 14.8 Å². The van der Waals surface area contributed by atoms with Gasteiger partial charge in [0.15, 0.2) is 11.5 Å². The monoisotopic (exact) mass is 464 g/mol. The minimum Gasteiger partial charge on any atom is -0.493 e. The summed E-state index contributed by atoms with van der Waals surface area (Å²) in [6.45, 7) is -0.201.